The average molecular weight is 300 g/mol. The predicted molar refractivity (Wildman–Crippen MR) is 68.5 cm³/mol. The van der Waals surface area contributed by atoms with Gasteiger partial charge in [0.1, 0.15) is 11.8 Å². The summed E-state index contributed by atoms with van der Waals surface area (Å²) in [6.07, 6.45) is 1.96. The van der Waals surface area contributed by atoms with Crippen LogP contribution in [0.3, 0.4) is 0 Å². The fourth-order valence-corrected chi connectivity index (χ4v) is 2.08. The zero-order chi connectivity index (χ0) is 12.4. The Bertz CT molecular complexity index is 432. The van der Waals surface area contributed by atoms with Crippen molar-refractivity contribution in [2.24, 2.45) is 5.92 Å². The molecule has 1 fully saturated rings. The van der Waals surface area contributed by atoms with E-state index in [-0.39, 0.29) is 5.92 Å². The normalized spacial score (nSPS) is 16.4. The highest BCUT2D eigenvalue weighted by molar-refractivity contribution is 9.10. The highest BCUT2D eigenvalue weighted by Crippen LogP contribution is 2.36. The van der Waals surface area contributed by atoms with Crippen LogP contribution in [0.25, 0.3) is 0 Å². The number of carbonyl (C=O) groups is 1. The molecule has 2 rings (SSSR count). The van der Waals surface area contributed by atoms with Crippen LogP contribution in [0.2, 0.25) is 0 Å². The van der Waals surface area contributed by atoms with Gasteiger partial charge in [-0.3, -0.25) is 0 Å². The zero-order valence-electron chi connectivity index (χ0n) is 9.44. The molecule has 0 amide bonds. The van der Waals surface area contributed by atoms with E-state index in [1.54, 1.807) is 13.2 Å². The topological polar surface area (TPSA) is 58.6 Å². The Kier molecular flexibility index (Phi) is 3.57. The minimum Gasteiger partial charge on any atom is -0.497 e. The minimum absolute atomic E-state index is 0.241. The molecular weight excluding hydrogens is 286 g/mol. The van der Waals surface area contributed by atoms with Crippen LogP contribution in [0.4, 0.5) is 5.69 Å². The van der Waals surface area contributed by atoms with Crippen LogP contribution in [-0.4, -0.2) is 24.2 Å². The van der Waals surface area contributed by atoms with E-state index < -0.39 is 12.0 Å². The van der Waals surface area contributed by atoms with Crippen molar-refractivity contribution >= 4 is 27.6 Å². The number of hydrogen-bond acceptors (Lipinski definition) is 3. The van der Waals surface area contributed by atoms with E-state index in [0.717, 1.165) is 23.0 Å². The number of ether oxygens (including phenoxy) is 1. The summed E-state index contributed by atoms with van der Waals surface area (Å²) in [4.78, 5) is 11.1. The number of aliphatic carboxylic acids is 1. The minimum atomic E-state index is -0.804. The average Bonchev–Trinajstić information content (AvgIpc) is 3.11. The Morgan fingerprint density at radius 2 is 2.29 bits per heavy atom. The first-order chi connectivity index (χ1) is 8.11. The van der Waals surface area contributed by atoms with Crippen LogP contribution in [0, 0.1) is 5.92 Å². The van der Waals surface area contributed by atoms with Gasteiger partial charge in [-0.1, -0.05) is 0 Å². The van der Waals surface area contributed by atoms with Gasteiger partial charge in [-0.25, -0.2) is 4.79 Å². The molecule has 0 radical (unpaired) electrons. The Hall–Kier alpha value is -1.23. The molecule has 1 aliphatic carbocycles. The van der Waals surface area contributed by atoms with Crippen molar-refractivity contribution in [3.8, 4) is 5.75 Å². The number of methoxy groups -OCH3 is 1. The number of rotatable bonds is 5. The first-order valence-electron chi connectivity index (χ1n) is 5.44. The monoisotopic (exact) mass is 299 g/mol. The summed E-state index contributed by atoms with van der Waals surface area (Å²) in [6.45, 7) is 0. The van der Waals surface area contributed by atoms with Gasteiger partial charge in [0.25, 0.3) is 0 Å². The molecule has 1 aliphatic rings. The molecule has 1 aromatic carbocycles. The van der Waals surface area contributed by atoms with Crippen molar-refractivity contribution in [3.05, 3.63) is 22.7 Å². The fourth-order valence-electron chi connectivity index (χ4n) is 1.72. The maximum Gasteiger partial charge on any atom is 0.326 e. The van der Waals surface area contributed by atoms with Gasteiger partial charge in [-0.2, -0.15) is 0 Å². The van der Waals surface area contributed by atoms with Crippen LogP contribution in [-0.2, 0) is 4.79 Å². The first kappa shape index (κ1) is 12.2. The molecule has 4 nitrogen and oxygen atoms in total. The van der Waals surface area contributed by atoms with E-state index in [2.05, 4.69) is 21.2 Å². The van der Waals surface area contributed by atoms with Gasteiger partial charge in [0.05, 0.1) is 12.8 Å². The van der Waals surface area contributed by atoms with Crippen LogP contribution in [0.1, 0.15) is 12.8 Å². The summed E-state index contributed by atoms with van der Waals surface area (Å²) in [6, 6.07) is 4.94. The molecule has 1 unspecified atom stereocenters. The smallest absolute Gasteiger partial charge is 0.326 e. The van der Waals surface area contributed by atoms with Gasteiger partial charge < -0.3 is 15.2 Å². The Morgan fingerprint density at radius 1 is 1.59 bits per heavy atom. The van der Waals surface area contributed by atoms with Crippen molar-refractivity contribution in [2.45, 2.75) is 18.9 Å². The summed E-state index contributed by atoms with van der Waals surface area (Å²) >= 11 is 3.40. The van der Waals surface area contributed by atoms with Crippen molar-refractivity contribution < 1.29 is 14.6 Å². The van der Waals surface area contributed by atoms with E-state index in [1.807, 2.05) is 12.1 Å². The maximum atomic E-state index is 11.1. The molecule has 1 aromatic rings. The molecular formula is C12H14BrNO3. The van der Waals surface area contributed by atoms with Crippen LogP contribution >= 0.6 is 15.9 Å². The van der Waals surface area contributed by atoms with E-state index in [9.17, 15) is 4.79 Å². The maximum absolute atomic E-state index is 11.1. The molecule has 1 atom stereocenters. The Balaban J connectivity index is 2.18. The van der Waals surface area contributed by atoms with Gasteiger partial charge in [-0.05, 0) is 46.8 Å². The summed E-state index contributed by atoms with van der Waals surface area (Å²) in [5.74, 6) is 0.142. The second kappa shape index (κ2) is 4.96. The molecule has 5 heteroatoms. The number of carboxylic acid groups (broad SMARTS) is 1. The summed E-state index contributed by atoms with van der Waals surface area (Å²) in [5, 5.41) is 12.2. The lowest BCUT2D eigenvalue weighted by Crippen LogP contribution is -2.31. The van der Waals surface area contributed by atoms with E-state index in [0.29, 0.717) is 5.75 Å². The van der Waals surface area contributed by atoms with E-state index in [1.165, 1.54) is 0 Å². The molecule has 0 aliphatic heterocycles. The number of halogens is 1. The highest BCUT2D eigenvalue weighted by Gasteiger charge is 2.36. The van der Waals surface area contributed by atoms with Gasteiger partial charge in [0, 0.05) is 10.5 Å². The molecule has 1 saturated carbocycles. The number of nitrogens with one attached hydrogen (secondary N) is 1. The van der Waals surface area contributed by atoms with E-state index >= 15 is 0 Å². The second-order valence-corrected chi connectivity index (χ2v) is 5.00. The molecule has 0 saturated heterocycles. The van der Waals surface area contributed by atoms with Crippen LogP contribution in [0.5, 0.6) is 5.75 Å². The highest BCUT2D eigenvalue weighted by atomic mass is 79.9. The van der Waals surface area contributed by atoms with Gasteiger partial charge >= 0.3 is 5.97 Å². The molecule has 2 N–H and O–H groups in total. The quantitative estimate of drug-likeness (QED) is 0.878. The molecule has 92 valence electrons. The third-order valence-electron chi connectivity index (χ3n) is 2.84. The van der Waals surface area contributed by atoms with Crippen LogP contribution < -0.4 is 10.1 Å². The molecule has 0 aromatic heterocycles. The number of hydrogen-bond donors (Lipinski definition) is 2. The predicted octanol–water partition coefficient (Wildman–Crippen LogP) is 2.73. The third-order valence-corrected chi connectivity index (χ3v) is 3.54. The fraction of sp³-hybridized carbons (Fsp3) is 0.417. The van der Waals surface area contributed by atoms with Crippen molar-refractivity contribution in [1.29, 1.82) is 0 Å². The van der Waals surface area contributed by atoms with Gasteiger partial charge in [0.2, 0.25) is 0 Å². The first-order valence-corrected chi connectivity index (χ1v) is 6.24. The zero-order valence-corrected chi connectivity index (χ0v) is 11.0. The van der Waals surface area contributed by atoms with Gasteiger partial charge in [-0.15, -0.1) is 0 Å². The lowest BCUT2D eigenvalue weighted by Gasteiger charge is -2.16. The van der Waals surface area contributed by atoms with Crippen molar-refractivity contribution in [1.82, 2.24) is 0 Å². The summed E-state index contributed by atoms with van der Waals surface area (Å²) in [5.41, 5.74) is 0.753. The van der Waals surface area contributed by atoms with Crippen molar-refractivity contribution in [2.75, 3.05) is 12.4 Å². The van der Waals surface area contributed by atoms with E-state index in [4.69, 9.17) is 9.84 Å². The number of carboxylic acids is 1. The SMILES string of the molecule is COc1ccc(Br)c(NC(C(=O)O)C2CC2)c1. The third kappa shape index (κ3) is 2.91. The largest absolute Gasteiger partial charge is 0.497 e. The second-order valence-electron chi connectivity index (χ2n) is 4.14. The molecule has 17 heavy (non-hydrogen) atoms. The molecule has 0 spiro atoms. The molecule has 0 heterocycles. The number of benzene rings is 1. The Labute approximate surface area is 108 Å². The Morgan fingerprint density at radius 3 is 2.82 bits per heavy atom. The summed E-state index contributed by atoms with van der Waals surface area (Å²) < 4.78 is 5.96. The number of anilines is 1. The van der Waals surface area contributed by atoms with Gasteiger partial charge in [0.15, 0.2) is 0 Å². The lowest BCUT2D eigenvalue weighted by molar-refractivity contribution is -0.138. The molecule has 0 bridgehead atoms. The van der Waals surface area contributed by atoms with Crippen LogP contribution in [0.15, 0.2) is 22.7 Å². The van der Waals surface area contributed by atoms with Crippen molar-refractivity contribution in [3.63, 3.8) is 0 Å². The summed E-state index contributed by atoms with van der Waals surface area (Å²) in [7, 11) is 1.59. The lowest BCUT2D eigenvalue weighted by atomic mass is 10.1. The standard InChI is InChI=1S/C12H14BrNO3/c1-17-8-4-5-9(13)10(6-8)14-11(12(15)16)7-2-3-7/h4-7,11,14H,2-3H2,1H3,(H,15,16).